The largest absolute Gasteiger partial charge is 0.481 e. The summed E-state index contributed by atoms with van der Waals surface area (Å²) in [5.41, 5.74) is 1.18. The molecule has 0 atom stereocenters. The van der Waals surface area contributed by atoms with Crippen LogP contribution in [0.4, 0.5) is 5.69 Å². The van der Waals surface area contributed by atoms with E-state index in [4.69, 9.17) is 4.74 Å². The summed E-state index contributed by atoms with van der Waals surface area (Å²) in [6, 6.07) is 15.4. The Morgan fingerprint density at radius 2 is 1.72 bits per heavy atom. The molecule has 0 unspecified atom stereocenters. The van der Waals surface area contributed by atoms with Gasteiger partial charge in [0.05, 0.1) is 4.90 Å². The number of hydrogen-bond donors (Lipinski definition) is 1. The fraction of sp³-hybridized carbons (Fsp3) is 0.238. The highest BCUT2D eigenvalue weighted by molar-refractivity contribution is 7.89. The Balaban J connectivity index is 1.64. The number of nitrogens with zero attached hydrogens (tertiary/aromatic N) is 2. The number of carbonyl (C=O) groups is 1. The predicted molar refractivity (Wildman–Crippen MR) is 112 cm³/mol. The third-order valence-corrected chi connectivity index (χ3v) is 6.50. The van der Waals surface area contributed by atoms with Gasteiger partial charge in [0.1, 0.15) is 11.3 Å². The zero-order valence-electron chi connectivity index (χ0n) is 16.3. The van der Waals surface area contributed by atoms with Crippen molar-refractivity contribution in [2.75, 3.05) is 25.0 Å². The van der Waals surface area contributed by atoms with Gasteiger partial charge >= 0.3 is 0 Å². The first-order valence-electron chi connectivity index (χ1n) is 9.32. The highest BCUT2D eigenvalue weighted by atomic mass is 32.2. The van der Waals surface area contributed by atoms with Crippen LogP contribution in [0.15, 0.2) is 65.7 Å². The maximum atomic E-state index is 12.5. The molecule has 0 aliphatic rings. The van der Waals surface area contributed by atoms with Gasteiger partial charge in [0, 0.05) is 30.4 Å². The van der Waals surface area contributed by atoms with Gasteiger partial charge in [-0.15, -0.1) is 0 Å². The Labute approximate surface area is 170 Å². The number of anilines is 1. The van der Waals surface area contributed by atoms with E-state index in [1.165, 1.54) is 16.4 Å². The number of ether oxygens (including phenoxy) is 1. The minimum Gasteiger partial charge on any atom is -0.481 e. The van der Waals surface area contributed by atoms with E-state index in [2.05, 4.69) is 10.3 Å². The van der Waals surface area contributed by atoms with Gasteiger partial charge in [0.2, 0.25) is 10.0 Å². The van der Waals surface area contributed by atoms with Crippen molar-refractivity contribution < 1.29 is 17.9 Å². The summed E-state index contributed by atoms with van der Waals surface area (Å²) in [5, 5.41) is 3.63. The van der Waals surface area contributed by atoms with Crippen molar-refractivity contribution >= 4 is 32.5 Å². The molecule has 1 aromatic heterocycles. The Hall–Kier alpha value is -2.97. The molecular weight excluding hydrogens is 390 g/mol. The molecule has 1 amide bonds. The van der Waals surface area contributed by atoms with E-state index in [1.54, 1.807) is 38.2 Å². The molecule has 0 spiro atoms. The van der Waals surface area contributed by atoms with E-state index in [0.717, 1.165) is 5.39 Å². The Bertz CT molecular complexity index is 1090. The minimum atomic E-state index is -3.52. The van der Waals surface area contributed by atoms with Gasteiger partial charge in [-0.1, -0.05) is 32.0 Å². The van der Waals surface area contributed by atoms with E-state index in [1.807, 2.05) is 24.3 Å². The minimum absolute atomic E-state index is 0.185. The maximum Gasteiger partial charge on any atom is 0.262 e. The maximum absolute atomic E-state index is 12.5. The van der Waals surface area contributed by atoms with Crippen LogP contribution in [0, 0.1) is 0 Å². The number of fused-ring (bicyclic) bond motifs is 1. The highest BCUT2D eigenvalue weighted by Gasteiger charge is 2.21. The molecule has 3 rings (SSSR count). The van der Waals surface area contributed by atoms with Gasteiger partial charge in [-0.05, 0) is 36.4 Å². The lowest BCUT2D eigenvalue weighted by Crippen LogP contribution is -2.30. The van der Waals surface area contributed by atoms with Gasteiger partial charge < -0.3 is 10.1 Å². The van der Waals surface area contributed by atoms with Crippen LogP contribution in [-0.4, -0.2) is 43.3 Å². The summed E-state index contributed by atoms with van der Waals surface area (Å²) in [5.74, 6) is 0.177. The van der Waals surface area contributed by atoms with Crippen molar-refractivity contribution in [1.29, 1.82) is 0 Å². The van der Waals surface area contributed by atoms with E-state index in [-0.39, 0.29) is 17.4 Å². The number of benzene rings is 2. The highest BCUT2D eigenvalue weighted by Crippen LogP contribution is 2.23. The number of carbonyl (C=O) groups excluding carboxylic acids is 1. The average Bonchev–Trinajstić information content (AvgIpc) is 2.73. The molecule has 2 aromatic carbocycles. The van der Waals surface area contributed by atoms with Crippen LogP contribution in [0.5, 0.6) is 5.75 Å². The summed E-state index contributed by atoms with van der Waals surface area (Å²) in [7, 11) is -3.52. The van der Waals surface area contributed by atoms with E-state index in [9.17, 15) is 13.2 Å². The van der Waals surface area contributed by atoms with Gasteiger partial charge in [-0.3, -0.25) is 9.78 Å². The number of pyridine rings is 1. The predicted octanol–water partition coefficient (Wildman–Crippen LogP) is 3.28. The SMILES string of the molecule is CCN(CC)S(=O)(=O)c1ccc(NC(=O)COc2cccc3cccnc23)cc1. The fourth-order valence-corrected chi connectivity index (χ4v) is 4.41. The monoisotopic (exact) mass is 413 g/mol. The lowest BCUT2D eigenvalue weighted by Gasteiger charge is -2.18. The molecule has 8 heteroatoms. The molecule has 7 nitrogen and oxygen atoms in total. The molecule has 0 saturated heterocycles. The van der Waals surface area contributed by atoms with Crippen LogP contribution in [0.1, 0.15) is 13.8 Å². The number of nitrogens with one attached hydrogen (secondary N) is 1. The molecule has 0 aliphatic carbocycles. The van der Waals surface area contributed by atoms with Crippen LogP contribution >= 0.6 is 0 Å². The number of sulfonamides is 1. The third-order valence-electron chi connectivity index (χ3n) is 4.44. The number of rotatable bonds is 8. The molecule has 0 aliphatic heterocycles. The van der Waals surface area contributed by atoms with E-state index < -0.39 is 10.0 Å². The topological polar surface area (TPSA) is 88.6 Å². The summed E-state index contributed by atoms with van der Waals surface area (Å²) in [4.78, 5) is 16.7. The van der Waals surface area contributed by atoms with Gasteiger partial charge in [0.25, 0.3) is 5.91 Å². The molecule has 3 aromatic rings. The number of amides is 1. The van der Waals surface area contributed by atoms with Gasteiger partial charge in [0.15, 0.2) is 6.61 Å². The van der Waals surface area contributed by atoms with Crippen molar-refractivity contribution in [3.63, 3.8) is 0 Å². The third kappa shape index (κ3) is 4.72. The molecule has 0 fully saturated rings. The second-order valence-electron chi connectivity index (χ2n) is 6.28. The molecule has 1 N–H and O–H groups in total. The second kappa shape index (κ2) is 9.02. The first-order chi connectivity index (χ1) is 14.0. The van der Waals surface area contributed by atoms with Crippen LogP contribution in [0.25, 0.3) is 10.9 Å². The van der Waals surface area contributed by atoms with Gasteiger partial charge in [-0.25, -0.2) is 8.42 Å². The molecule has 1 heterocycles. The molecule has 0 saturated carbocycles. The summed E-state index contributed by atoms with van der Waals surface area (Å²) in [6.07, 6.45) is 1.67. The first-order valence-corrected chi connectivity index (χ1v) is 10.8. The summed E-state index contributed by atoms with van der Waals surface area (Å²) in [6.45, 7) is 4.20. The number of para-hydroxylation sites is 1. The zero-order chi connectivity index (χ0) is 20.9. The first kappa shape index (κ1) is 20.8. The molecule has 152 valence electrons. The Morgan fingerprint density at radius 1 is 1.03 bits per heavy atom. The van der Waals surface area contributed by atoms with Crippen LogP contribution in [0.2, 0.25) is 0 Å². The smallest absolute Gasteiger partial charge is 0.262 e. The number of aromatic nitrogens is 1. The molecule has 0 bridgehead atoms. The second-order valence-corrected chi connectivity index (χ2v) is 8.22. The van der Waals surface area contributed by atoms with Crippen molar-refractivity contribution in [3.05, 3.63) is 60.8 Å². The normalized spacial score (nSPS) is 11.6. The average molecular weight is 413 g/mol. The van der Waals surface area contributed by atoms with E-state index in [0.29, 0.717) is 30.0 Å². The van der Waals surface area contributed by atoms with Crippen LogP contribution in [-0.2, 0) is 14.8 Å². The van der Waals surface area contributed by atoms with Crippen molar-refractivity contribution in [1.82, 2.24) is 9.29 Å². The quantitative estimate of drug-likeness (QED) is 0.612. The zero-order valence-corrected chi connectivity index (χ0v) is 17.1. The van der Waals surface area contributed by atoms with Crippen LogP contribution in [0.3, 0.4) is 0 Å². The van der Waals surface area contributed by atoms with Crippen molar-refractivity contribution in [3.8, 4) is 5.75 Å². The lowest BCUT2D eigenvalue weighted by molar-refractivity contribution is -0.118. The fourth-order valence-electron chi connectivity index (χ4n) is 2.96. The molecule has 0 radical (unpaired) electrons. The molecule has 29 heavy (non-hydrogen) atoms. The standard InChI is InChI=1S/C21H23N3O4S/c1-3-24(4-2)29(26,27)18-12-10-17(11-13-18)23-20(25)15-28-19-9-5-7-16-8-6-14-22-21(16)19/h5-14H,3-4,15H2,1-2H3,(H,23,25). The van der Waals surface area contributed by atoms with Crippen molar-refractivity contribution in [2.45, 2.75) is 18.7 Å². The Morgan fingerprint density at radius 3 is 2.41 bits per heavy atom. The van der Waals surface area contributed by atoms with E-state index >= 15 is 0 Å². The summed E-state index contributed by atoms with van der Waals surface area (Å²) >= 11 is 0. The van der Waals surface area contributed by atoms with Crippen molar-refractivity contribution in [2.24, 2.45) is 0 Å². The molecular formula is C21H23N3O4S. The van der Waals surface area contributed by atoms with Crippen LogP contribution < -0.4 is 10.1 Å². The Kier molecular flexibility index (Phi) is 6.46. The summed E-state index contributed by atoms with van der Waals surface area (Å²) < 4.78 is 32.0. The van der Waals surface area contributed by atoms with Gasteiger partial charge in [-0.2, -0.15) is 4.31 Å². The number of hydrogen-bond acceptors (Lipinski definition) is 5. The lowest BCUT2D eigenvalue weighted by atomic mass is 10.2.